The number of nitrogens with zero attached hydrogens (tertiary/aromatic N) is 3. The Hall–Kier alpha value is -2.23. The van der Waals surface area contributed by atoms with Crippen molar-refractivity contribution in [3.05, 3.63) is 65.1 Å². The molecule has 0 radical (unpaired) electrons. The van der Waals surface area contributed by atoms with Crippen LogP contribution in [0, 0.1) is 0 Å². The van der Waals surface area contributed by atoms with Crippen LogP contribution in [0.5, 0.6) is 0 Å². The number of aromatic nitrogens is 1. The standard InChI is InChI=1S/C11H9N3O/c15-11-8-4-5-9-14(11)13-12-10-6-2-1-3-7-10/h1-9H. The van der Waals surface area contributed by atoms with Crippen LogP contribution in [0.15, 0.2) is 69.9 Å². The van der Waals surface area contributed by atoms with E-state index in [0.29, 0.717) is 5.69 Å². The Kier molecular flexibility index (Phi) is 2.69. The zero-order valence-corrected chi connectivity index (χ0v) is 7.95. The summed E-state index contributed by atoms with van der Waals surface area (Å²) in [6, 6.07) is 14.1. The fraction of sp³-hybridized carbons (Fsp3) is 0. The number of benzene rings is 1. The molecule has 0 saturated heterocycles. The molecule has 0 fully saturated rings. The molecular weight excluding hydrogens is 190 g/mol. The van der Waals surface area contributed by atoms with E-state index >= 15 is 0 Å². The first-order chi connectivity index (χ1) is 7.36. The van der Waals surface area contributed by atoms with Crippen LogP contribution in [0.25, 0.3) is 0 Å². The van der Waals surface area contributed by atoms with E-state index < -0.39 is 0 Å². The van der Waals surface area contributed by atoms with Crippen molar-refractivity contribution in [2.75, 3.05) is 0 Å². The lowest BCUT2D eigenvalue weighted by Gasteiger charge is -1.93. The molecule has 0 unspecified atom stereocenters. The van der Waals surface area contributed by atoms with Gasteiger partial charge in [-0.15, -0.1) is 5.11 Å². The molecule has 0 bridgehead atoms. The molecule has 1 aromatic heterocycles. The van der Waals surface area contributed by atoms with Gasteiger partial charge in [0.05, 0.1) is 5.69 Å². The van der Waals surface area contributed by atoms with Crippen LogP contribution in [0.1, 0.15) is 0 Å². The van der Waals surface area contributed by atoms with Crippen LogP contribution in [-0.2, 0) is 0 Å². The van der Waals surface area contributed by atoms with E-state index in [-0.39, 0.29) is 5.56 Å². The molecule has 2 aromatic rings. The van der Waals surface area contributed by atoms with Crippen LogP contribution in [-0.4, -0.2) is 4.68 Å². The highest BCUT2D eigenvalue weighted by atomic mass is 16.1. The molecule has 0 aliphatic rings. The molecule has 15 heavy (non-hydrogen) atoms. The fourth-order valence-electron chi connectivity index (χ4n) is 1.09. The summed E-state index contributed by atoms with van der Waals surface area (Å²) in [6.45, 7) is 0. The second kappa shape index (κ2) is 4.32. The van der Waals surface area contributed by atoms with E-state index in [1.165, 1.54) is 10.7 Å². The second-order valence-corrected chi connectivity index (χ2v) is 2.91. The summed E-state index contributed by atoms with van der Waals surface area (Å²) in [4.78, 5) is 11.2. The van der Waals surface area contributed by atoms with E-state index in [4.69, 9.17) is 0 Å². The molecule has 2 rings (SSSR count). The maximum atomic E-state index is 11.2. The molecule has 0 aliphatic carbocycles. The van der Waals surface area contributed by atoms with E-state index in [9.17, 15) is 4.79 Å². The Morgan fingerprint density at radius 1 is 0.933 bits per heavy atom. The molecule has 0 aliphatic heterocycles. The molecule has 4 nitrogen and oxygen atoms in total. The molecule has 0 amide bonds. The summed E-state index contributed by atoms with van der Waals surface area (Å²) >= 11 is 0. The van der Waals surface area contributed by atoms with Gasteiger partial charge in [0, 0.05) is 12.3 Å². The third-order valence-corrected chi connectivity index (χ3v) is 1.82. The predicted molar refractivity (Wildman–Crippen MR) is 57.1 cm³/mol. The molecule has 1 aromatic carbocycles. The molecule has 0 spiro atoms. The minimum atomic E-state index is -0.197. The first kappa shape index (κ1) is 9.33. The minimum Gasteiger partial charge on any atom is -0.267 e. The molecule has 0 saturated carbocycles. The van der Waals surface area contributed by atoms with E-state index in [1.54, 1.807) is 18.3 Å². The molecule has 0 N–H and O–H groups in total. The van der Waals surface area contributed by atoms with Gasteiger partial charge in [0.15, 0.2) is 0 Å². The zero-order chi connectivity index (χ0) is 10.5. The summed E-state index contributed by atoms with van der Waals surface area (Å²) in [5, 5.41) is 7.73. The van der Waals surface area contributed by atoms with Gasteiger partial charge in [0.1, 0.15) is 0 Å². The fourth-order valence-corrected chi connectivity index (χ4v) is 1.09. The van der Waals surface area contributed by atoms with Crippen LogP contribution >= 0.6 is 0 Å². The first-order valence-electron chi connectivity index (χ1n) is 4.51. The first-order valence-corrected chi connectivity index (χ1v) is 4.51. The van der Waals surface area contributed by atoms with Crippen molar-refractivity contribution in [3.8, 4) is 0 Å². The topological polar surface area (TPSA) is 46.7 Å². The lowest BCUT2D eigenvalue weighted by Crippen LogP contribution is -2.12. The Morgan fingerprint density at radius 2 is 1.67 bits per heavy atom. The third kappa shape index (κ3) is 2.37. The van der Waals surface area contributed by atoms with Crippen LogP contribution < -0.4 is 5.56 Å². The van der Waals surface area contributed by atoms with Crippen molar-refractivity contribution in [1.82, 2.24) is 4.68 Å². The lowest BCUT2D eigenvalue weighted by molar-refractivity contribution is 0.764. The van der Waals surface area contributed by atoms with Crippen molar-refractivity contribution in [1.29, 1.82) is 0 Å². The van der Waals surface area contributed by atoms with Crippen LogP contribution in [0.3, 0.4) is 0 Å². The number of pyridine rings is 1. The maximum absolute atomic E-state index is 11.2. The molecular formula is C11H9N3O. The van der Waals surface area contributed by atoms with Crippen molar-refractivity contribution in [3.63, 3.8) is 0 Å². The summed E-state index contributed by atoms with van der Waals surface area (Å²) in [7, 11) is 0. The smallest absolute Gasteiger partial charge is 0.267 e. The van der Waals surface area contributed by atoms with Crippen molar-refractivity contribution >= 4 is 5.69 Å². The average Bonchev–Trinajstić information content (AvgIpc) is 2.29. The van der Waals surface area contributed by atoms with Gasteiger partial charge in [0.25, 0.3) is 5.56 Å². The number of rotatable bonds is 2. The van der Waals surface area contributed by atoms with Gasteiger partial charge in [-0.3, -0.25) is 4.79 Å². The summed E-state index contributed by atoms with van der Waals surface area (Å²) < 4.78 is 1.19. The molecule has 4 heteroatoms. The normalized spacial score (nSPS) is 10.7. The molecule has 0 atom stereocenters. The zero-order valence-electron chi connectivity index (χ0n) is 7.95. The predicted octanol–water partition coefficient (Wildman–Crippen LogP) is 2.40. The second-order valence-electron chi connectivity index (χ2n) is 2.91. The van der Waals surface area contributed by atoms with E-state index in [0.717, 1.165) is 0 Å². The summed E-state index contributed by atoms with van der Waals surface area (Å²) in [6.07, 6.45) is 1.56. The Labute approximate surface area is 86.5 Å². The maximum Gasteiger partial charge on any atom is 0.272 e. The van der Waals surface area contributed by atoms with Gasteiger partial charge in [-0.1, -0.05) is 29.5 Å². The summed E-state index contributed by atoms with van der Waals surface area (Å²) in [5.41, 5.74) is 0.519. The summed E-state index contributed by atoms with van der Waals surface area (Å²) in [5.74, 6) is 0. The monoisotopic (exact) mass is 199 g/mol. The van der Waals surface area contributed by atoms with Gasteiger partial charge in [-0.2, -0.15) is 4.68 Å². The lowest BCUT2D eigenvalue weighted by atomic mass is 10.3. The Morgan fingerprint density at radius 3 is 2.40 bits per heavy atom. The Bertz CT molecular complexity index is 517. The van der Waals surface area contributed by atoms with Gasteiger partial charge in [-0.25, -0.2) is 0 Å². The van der Waals surface area contributed by atoms with Crippen LogP contribution in [0.4, 0.5) is 5.69 Å². The Balaban J connectivity index is 2.27. The number of hydrogen-bond acceptors (Lipinski definition) is 3. The largest absolute Gasteiger partial charge is 0.272 e. The van der Waals surface area contributed by atoms with Gasteiger partial charge >= 0.3 is 0 Å². The minimum absolute atomic E-state index is 0.197. The molecule has 1 heterocycles. The van der Waals surface area contributed by atoms with Crippen molar-refractivity contribution in [2.45, 2.75) is 0 Å². The van der Waals surface area contributed by atoms with Gasteiger partial charge in [-0.05, 0) is 18.2 Å². The van der Waals surface area contributed by atoms with E-state index in [2.05, 4.69) is 10.3 Å². The number of hydrogen-bond donors (Lipinski definition) is 0. The van der Waals surface area contributed by atoms with Gasteiger partial charge in [0.2, 0.25) is 0 Å². The highest BCUT2D eigenvalue weighted by Crippen LogP contribution is 2.09. The third-order valence-electron chi connectivity index (χ3n) is 1.82. The quantitative estimate of drug-likeness (QED) is 0.685. The van der Waals surface area contributed by atoms with Gasteiger partial charge < -0.3 is 0 Å². The molecule has 74 valence electrons. The van der Waals surface area contributed by atoms with Crippen LogP contribution in [0.2, 0.25) is 0 Å². The highest BCUT2D eigenvalue weighted by molar-refractivity contribution is 5.34. The van der Waals surface area contributed by atoms with E-state index in [1.807, 2.05) is 30.3 Å². The SMILES string of the molecule is O=c1ccccn1N=Nc1ccccc1. The average molecular weight is 199 g/mol. The van der Waals surface area contributed by atoms with Crippen molar-refractivity contribution in [2.24, 2.45) is 10.3 Å². The highest BCUT2D eigenvalue weighted by Gasteiger charge is 1.89. The van der Waals surface area contributed by atoms with Crippen molar-refractivity contribution < 1.29 is 0 Å².